The number of ether oxygens (including phenoxy) is 3. The number of oxime groups is 1. The minimum absolute atomic E-state index is 0.259. The second kappa shape index (κ2) is 8.60. The van der Waals surface area contributed by atoms with Crippen molar-refractivity contribution in [3.05, 3.63) is 23.8 Å². The van der Waals surface area contributed by atoms with Crippen molar-refractivity contribution in [2.75, 3.05) is 20.2 Å². The number of hydrogen-bond acceptors (Lipinski definition) is 6. The molecule has 170 valence electrons. The highest BCUT2D eigenvalue weighted by Gasteiger charge is 2.44. The largest absolute Gasteiger partial charge is 0.493 e. The molecule has 0 aromatic heterocycles. The van der Waals surface area contributed by atoms with Crippen LogP contribution in [0.5, 0.6) is 11.5 Å². The van der Waals surface area contributed by atoms with Gasteiger partial charge in [0.25, 0.3) is 0 Å². The number of carbonyl (C=O) groups excluding carboxylic acids is 1. The van der Waals surface area contributed by atoms with Gasteiger partial charge in [-0.15, -0.1) is 0 Å². The Morgan fingerprint density at radius 3 is 2.52 bits per heavy atom. The fourth-order valence-electron chi connectivity index (χ4n) is 4.50. The third-order valence-electron chi connectivity index (χ3n) is 6.26. The zero-order chi connectivity index (χ0) is 22.1. The summed E-state index contributed by atoms with van der Waals surface area (Å²) in [4.78, 5) is 20.1. The summed E-state index contributed by atoms with van der Waals surface area (Å²) in [7, 11) is 1.67. The van der Waals surface area contributed by atoms with Crippen LogP contribution in [0.2, 0.25) is 0 Å². The van der Waals surface area contributed by atoms with Crippen molar-refractivity contribution in [2.24, 2.45) is 5.16 Å². The lowest BCUT2D eigenvalue weighted by atomic mass is 9.85. The number of benzene rings is 1. The maximum Gasteiger partial charge on any atom is 0.410 e. The SMILES string of the molecule is COc1ccc(C2=NOC3(CCN(C(=O)OC(C)(C)C)CC3)C2)cc1OC1CCCC1. The van der Waals surface area contributed by atoms with Crippen LogP contribution in [0.15, 0.2) is 23.4 Å². The summed E-state index contributed by atoms with van der Waals surface area (Å²) in [5.74, 6) is 1.52. The van der Waals surface area contributed by atoms with E-state index in [1.54, 1.807) is 12.0 Å². The maximum absolute atomic E-state index is 12.4. The van der Waals surface area contributed by atoms with Crippen LogP contribution in [-0.4, -0.2) is 54.2 Å². The zero-order valence-corrected chi connectivity index (χ0v) is 19.1. The van der Waals surface area contributed by atoms with Crippen LogP contribution in [0.25, 0.3) is 0 Å². The Morgan fingerprint density at radius 2 is 1.87 bits per heavy atom. The lowest BCUT2D eigenvalue weighted by Crippen LogP contribution is -2.48. The summed E-state index contributed by atoms with van der Waals surface area (Å²) in [6, 6.07) is 5.98. The van der Waals surface area contributed by atoms with Crippen molar-refractivity contribution in [1.82, 2.24) is 4.90 Å². The van der Waals surface area contributed by atoms with Crippen molar-refractivity contribution in [2.45, 2.75) is 83.0 Å². The molecule has 1 spiro atoms. The molecule has 0 unspecified atom stereocenters. The van der Waals surface area contributed by atoms with Gasteiger partial charge in [0, 0.05) is 37.9 Å². The average Bonchev–Trinajstić information content (AvgIpc) is 3.38. The van der Waals surface area contributed by atoms with E-state index in [9.17, 15) is 4.79 Å². The van der Waals surface area contributed by atoms with Gasteiger partial charge in [0.2, 0.25) is 0 Å². The molecule has 0 N–H and O–H groups in total. The molecule has 1 aliphatic carbocycles. The van der Waals surface area contributed by atoms with E-state index in [4.69, 9.17) is 19.0 Å². The predicted molar refractivity (Wildman–Crippen MR) is 118 cm³/mol. The molecule has 0 radical (unpaired) electrons. The van der Waals surface area contributed by atoms with Gasteiger partial charge in [0.05, 0.1) is 18.9 Å². The lowest BCUT2D eigenvalue weighted by molar-refractivity contribution is -0.0639. The second-order valence-corrected chi connectivity index (χ2v) is 9.85. The minimum atomic E-state index is -0.487. The van der Waals surface area contributed by atoms with E-state index in [2.05, 4.69) is 5.16 Å². The molecule has 1 saturated carbocycles. The molecule has 7 nitrogen and oxygen atoms in total. The summed E-state index contributed by atoms with van der Waals surface area (Å²) in [6.07, 6.45) is 6.82. The molecule has 1 aromatic rings. The Morgan fingerprint density at radius 1 is 1.16 bits per heavy atom. The van der Waals surface area contributed by atoms with E-state index in [-0.39, 0.29) is 17.8 Å². The minimum Gasteiger partial charge on any atom is -0.493 e. The summed E-state index contributed by atoms with van der Waals surface area (Å²) in [5, 5.41) is 4.43. The summed E-state index contributed by atoms with van der Waals surface area (Å²) in [6.45, 7) is 6.87. The van der Waals surface area contributed by atoms with Gasteiger partial charge in [-0.2, -0.15) is 0 Å². The molecular formula is C24H34N2O5. The summed E-state index contributed by atoms with van der Waals surface area (Å²) in [5.41, 5.74) is 1.09. The Hall–Kier alpha value is -2.44. The standard InChI is InChI=1S/C24H34N2O5/c1-23(2,3)30-22(27)26-13-11-24(12-14-26)16-19(25-31-24)17-9-10-20(28-4)21(15-17)29-18-7-5-6-8-18/h9-10,15,18H,5-8,11-14,16H2,1-4H3. The van der Waals surface area contributed by atoms with Gasteiger partial charge in [-0.1, -0.05) is 5.16 Å². The molecule has 4 rings (SSSR count). The third-order valence-corrected chi connectivity index (χ3v) is 6.26. The third kappa shape index (κ3) is 5.08. The van der Waals surface area contributed by atoms with E-state index in [1.165, 1.54) is 12.8 Å². The molecular weight excluding hydrogens is 396 g/mol. The molecule has 3 aliphatic rings. The normalized spacial score (nSPS) is 21.0. The summed E-state index contributed by atoms with van der Waals surface area (Å²) >= 11 is 0. The zero-order valence-electron chi connectivity index (χ0n) is 19.1. The average molecular weight is 431 g/mol. The molecule has 31 heavy (non-hydrogen) atoms. The van der Waals surface area contributed by atoms with Gasteiger partial charge in [-0.25, -0.2) is 4.79 Å². The number of carbonyl (C=O) groups is 1. The first-order valence-corrected chi connectivity index (χ1v) is 11.3. The molecule has 0 bridgehead atoms. The van der Waals surface area contributed by atoms with Gasteiger partial charge < -0.3 is 23.9 Å². The van der Waals surface area contributed by atoms with E-state index in [0.717, 1.165) is 54.9 Å². The molecule has 2 aliphatic heterocycles. The number of amides is 1. The quantitative estimate of drug-likeness (QED) is 0.679. The van der Waals surface area contributed by atoms with Crippen LogP contribution >= 0.6 is 0 Å². The van der Waals surface area contributed by atoms with Gasteiger partial charge >= 0.3 is 6.09 Å². The van der Waals surface area contributed by atoms with Crippen LogP contribution < -0.4 is 9.47 Å². The smallest absolute Gasteiger partial charge is 0.410 e. The Balaban J connectivity index is 1.39. The van der Waals surface area contributed by atoms with Gasteiger partial charge in [-0.05, 0) is 64.7 Å². The highest BCUT2D eigenvalue weighted by atomic mass is 16.7. The number of rotatable bonds is 4. The molecule has 7 heteroatoms. The molecule has 1 saturated heterocycles. The van der Waals surface area contributed by atoms with Gasteiger partial charge in [0.1, 0.15) is 11.2 Å². The molecule has 2 fully saturated rings. The Bertz CT molecular complexity index is 831. The first-order chi connectivity index (χ1) is 14.8. The van der Waals surface area contributed by atoms with Crippen molar-refractivity contribution in [1.29, 1.82) is 0 Å². The van der Waals surface area contributed by atoms with Crippen LogP contribution in [0.1, 0.15) is 71.3 Å². The van der Waals surface area contributed by atoms with Crippen molar-refractivity contribution >= 4 is 11.8 Å². The van der Waals surface area contributed by atoms with Crippen molar-refractivity contribution in [3.63, 3.8) is 0 Å². The monoisotopic (exact) mass is 430 g/mol. The molecule has 0 atom stereocenters. The first kappa shape index (κ1) is 21.8. The fourth-order valence-corrected chi connectivity index (χ4v) is 4.50. The second-order valence-electron chi connectivity index (χ2n) is 9.85. The molecule has 2 heterocycles. The Kier molecular flexibility index (Phi) is 6.04. The number of likely N-dealkylation sites (tertiary alicyclic amines) is 1. The van der Waals surface area contributed by atoms with Crippen molar-refractivity contribution in [3.8, 4) is 11.5 Å². The van der Waals surface area contributed by atoms with Crippen LogP contribution in [0.3, 0.4) is 0 Å². The Labute approximate surface area is 184 Å². The first-order valence-electron chi connectivity index (χ1n) is 11.3. The van der Waals surface area contributed by atoms with Crippen LogP contribution in [-0.2, 0) is 9.57 Å². The number of nitrogens with zero attached hydrogens (tertiary/aromatic N) is 2. The number of methoxy groups -OCH3 is 1. The fraction of sp³-hybridized carbons (Fsp3) is 0.667. The molecule has 1 amide bonds. The predicted octanol–water partition coefficient (Wildman–Crippen LogP) is 4.91. The van der Waals surface area contributed by atoms with Crippen LogP contribution in [0, 0.1) is 0 Å². The number of piperidine rings is 1. The number of hydrogen-bond donors (Lipinski definition) is 0. The van der Waals surface area contributed by atoms with Crippen molar-refractivity contribution < 1.29 is 23.8 Å². The van der Waals surface area contributed by atoms with E-state index in [1.807, 2.05) is 39.0 Å². The molecule has 1 aromatic carbocycles. The summed E-state index contributed by atoms with van der Waals surface area (Å²) < 4.78 is 17.2. The highest BCUT2D eigenvalue weighted by molar-refractivity contribution is 6.02. The highest BCUT2D eigenvalue weighted by Crippen LogP contribution is 2.38. The van der Waals surface area contributed by atoms with E-state index in [0.29, 0.717) is 13.1 Å². The van der Waals surface area contributed by atoms with E-state index >= 15 is 0 Å². The lowest BCUT2D eigenvalue weighted by Gasteiger charge is -2.37. The van der Waals surface area contributed by atoms with E-state index < -0.39 is 5.60 Å². The van der Waals surface area contributed by atoms with Gasteiger partial charge in [0.15, 0.2) is 11.5 Å². The maximum atomic E-state index is 12.4. The topological polar surface area (TPSA) is 69.6 Å². The van der Waals surface area contributed by atoms with Gasteiger partial charge in [-0.3, -0.25) is 0 Å². The van der Waals surface area contributed by atoms with Crippen LogP contribution in [0.4, 0.5) is 4.79 Å².